The smallest absolute Gasteiger partial charge is 0.0464 e. The van der Waals surface area contributed by atoms with Gasteiger partial charge in [0.15, 0.2) is 0 Å². The van der Waals surface area contributed by atoms with Crippen LogP contribution in [0.1, 0.15) is 18.2 Å². The largest absolute Gasteiger partial charge is 0.355 e. The second-order valence-corrected chi connectivity index (χ2v) is 3.27. The Morgan fingerprint density at radius 1 is 1.12 bits per heavy atom. The SMILES string of the molecule is C=C/C=C\c1[nH]c(=C/C=C)/c(=C\C)c1C=C. The number of hydrogen-bond acceptors (Lipinski definition) is 0. The van der Waals surface area contributed by atoms with Gasteiger partial charge in [0.25, 0.3) is 0 Å². The second-order valence-electron chi connectivity index (χ2n) is 3.27. The minimum absolute atomic E-state index is 1.04. The highest BCUT2D eigenvalue weighted by Gasteiger charge is 2.01. The van der Waals surface area contributed by atoms with Crippen LogP contribution in [0.15, 0.2) is 38.0 Å². The Hall–Kier alpha value is -2.02. The van der Waals surface area contributed by atoms with Crippen LogP contribution in [0.4, 0.5) is 0 Å². The predicted octanol–water partition coefficient (Wildman–Crippen LogP) is 2.62. The van der Waals surface area contributed by atoms with Crippen molar-refractivity contribution in [1.29, 1.82) is 0 Å². The fourth-order valence-corrected chi connectivity index (χ4v) is 1.65. The van der Waals surface area contributed by atoms with E-state index in [9.17, 15) is 0 Å². The monoisotopic (exact) mass is 211 g/mol. The maximum absolute atomic E-state index is 3.84. The van der Waals surface area contributed by atoms with Gasteiger partial charge >= 0.3 is 0 Å². The molecule has 0 spiro atoms. The molecule has 0 saturated carbocycles. The van der Waals surface area contributed by atoms with Gasteiger partial charge in [0.1, 0.15) is 0 Å². The normalized spacial score (nSPS) is 13.3. The standard InChI is InChI=1S/C15H17N/c1-5-9-11-15-13(8-4)12(7-3)14(16-15)10-6-2/h5-11,16H,1-2,4H2,3H3/b11-9-,12-7-,14-10+. The first-order chi connectivity index (χ1) is 7.78. The molecular formula is C15H17N. The molecule has 0 aliphatic rings. The summed E-state index contributed by atoms with van der Waals surface area (Å²) in [6.45, 7) is 13.2. The van der Waals surface area contributed by atoms with E-state index in [1.54, 1.807) is 12.2 Å². The number of aromatic amines is 1. The highest BCUT2D eigenvalue weighted by atomic mass is 14.7. The molecule has 1 nitrogen and oxygen atoms in total. The van der Waals surface area contributed by atoms with Crippen molar-refractivity contribution in [2.24, 2.45) is 0 Å². The number of aromatic nitrogens is 1. The van der Waals surface area contributed by atoms with Crippen LogP contribution >= 0.6 is 0 Å². The first-order valence-electron chi connectivity index (χ1n) is 5.21. The van der Waals surface area contributed by atoms with Gasteiger partial charge in [-0.2, -0.15) is 0 Å². The lowest BCUT2D eigenvalue weighted by Crippen LogP contribution is -2.23. The van der Waals surface area contributed by atoms with E-state index in [2.05, 4.69) is 30.8 Å². The molecule has 1 rings (SSSR count). The molecule has 1 heterocycles. The molecule has 1 heteroatoms. The fraction of sp³-hybridized carbons (Fsp3) is 0.0667. The molecule has 1 N–H and O–H groups in total. The zero-order chi connectivity index (χ0) is 12.0. The molecule has 0 amide bonds. The summed E-state index contributed by atoms with van der Waals surface area (Å²) in [5.41, 5.74) is 2.14. The lowest BCUT2D eigenvalue weighted by molar-refractivity contribution is 1.29. The molecule has 0 aliphatic carbocycles. The Morgan fingerprint density at radius 3 is 2.38 bits per heavy atom. The maximum Gasteiger partial charge on any atom is 0.0464 e. The summed E-state index contributed by atoms with van der Waals surface area (Å²) in [6.07, 6.45) is 13.3. The number of nitrogens with one attached hydrogen (secondary N) is 1. The fourth-order valence-electron chi connectivity index (χ4n) is 1.65. The van der Waals surface area contributed by atoms with Crippen molar-refractivity contribution in [3.63, 3.8) is 0 Å². The van der Waals surface area contributed by atoms with Crippen LogP contribution in [-0.4, -0.2) is 4.98 Å². The van der Waals surface area contributed by atoms with Gasteiger partial charge in [-0.05, 0) is 19.1 Å². The summed E-state index contributed by atoms with van der Waals surface area (Å²) in [5.74, 6) is 0. The minimum atomic E-state index is 1.04. The molecule has 0 fully saturated rings. The molecule has 0 bridgehead atoms. The van der Waals surface area contributed by atoms with Crippen molar-refractivity contribution in [1.82, 2.24) is 4.98 Å². The summed E-state index contributed by atoms with van der Waals surface area (Å²) in [4.78, 5) is 3.32. The number of hydrogen-bond donors (Lipinski definition) is 1. The second kappa shape index (κ2) is 5.76. The first-order valence-corrected chi connectivity index (χ1v) is 5.21. The van der Waals surface area contributed by atoms with Gasteiger partial charge in [-0.15, -0.1) is 0 Å². The van der Waals surface area contributed by atoms with Crippen LogP contribution in [0.2, 0.25) is 0 Å². The Bertz CT molecular complexity index is 539. The average Bonchev–Trinajstić information content (AvgIpc) is 2.63. The van der Waals surface area contributed by atoms with Gasteiger partial charge in [-0.25, -0.2) is 0 Å². The molecule has 0 radical (unpaired) electrons. The quantitative estimate of drug-likeness (QED) is 0.737. The third kappa shape index (κ3) is 2.31. The zero-order valence-corrected chi connectivity index (χ0v) is 9.66. The van der Waals surface area contributed by atoms with E-state index in [-0.39, 0.29) is 0 Å². The van der Waals surface area contributed by atoms with Crippen molar-refractivity contribution >= 4 is 24.3 Å². The summed E-state index contributed by atoms with van der Waals surface area (Å²) >= 11 is 0. The Morgan fingerprint density at radius 2 is 1.88 bits per heavy atom. The Labute approximate surface area is 96.5 Å². The molecule has 1 aromatic rings. The molecule has 1 aromatic heterocycles. The van der Waals surface area contributed by atoms with E-state index < -0.39 is 0 Å². The molecule has 0 aliphatic heterocycles. The van der Waals surface area contributed by atoms with Crippen LogP contribution < -0.4 is 10.6 Å². The predicted molar refractivity (Wildman–Crippen MR) is 74.2 cm³/mol. The van der Waals surface area contributed by atoms with Crippen molar-refractivity contribution in [3.05, 3.63) is 59.8 Å². The zero-order valence-electron chi connectivity index (χ0n) is 9.66. The lowest BCUT2D eigenvalue weighted by atomic mass is 10.2. The third-order valence-corrected chi connectivity index (χ3v) is 2.32. The van der Waals surface area contributed by atoms with Gasteiger partial charge in [0.05, 0.1) is 0 Å². The highest BCUT2D eigenvalue weighted by Crippen LogP contribution is 2.03. The molecule has 0 saturated heterocycles. The topological polar surface area (TPSA) is 15.8 Å². The van der Waals surface area contributed by atoms with E-state index in [0.29, 0.717) is 0 Å². The average molecular weight is 211 g/mol. The van der Waals surface area contributed by atoms with Crippen LogP contribution in [0.25, 0.3) is 24.3 Å². The van der Waals surface area contributed by atoms with E-state index in [4.69, 9.17) is 0 Å². The molecule has 82 valence electrons. The van der Waals surface area contributed by atoms with Gasteiger partial charge in [-0.3, -0.25) is 0 Å². The van der Waals surface area contributed by atoms with Gasteiger partial charge in [0, 0.05) is 21.8 Å². The molecular weight excluding hydrogens is 194 g/mol. The van der Waals surface area contributed by atoms with Gasteiger partial charge < -0.3 is 4.98 Å². The van der Waals surface area contributed by atoms with E-state index in [1.165, 1.54) is 0 Å². The third-order valence-electron chi connectivity index (χ3n) is 2.32. The lowest BCUT2D eigenvalue weighted by Gasteiger charge is -1.89. The van der Waals surface area contributed by atoms with Gasteiger partial charge in [0.2, 0.25) is 0 Å². The summed E-state index contributed by atoms with van der Waals surface area (Å²) in [6, 6.07) is 0. The minimum Gasteiger partial charge on any atom is -0.355 e. The summed E-state index contributed by atoms with van der Waals surface area (Å²) in [5, 5.41) is 2.20. The highest BCUT2D eigenvalue weighted by molar-refractivity contribution is 5.65. The van der Waals surface area contributed by atoms with E-state index in [0.717, 1.165) is 21.8 Å². The van der Waals surface area contributed by atoms with Crippen molar-refractivity contribution < 1.29 is 0 Å². The van der Waals surface area contributed by atoms with Crippen LogP contribution in [0, 0.1) is 0 Å². The molecule has 0 unspecified atom stereocenters. The Kier molecular flexibility index (Phi) is 4.34. The van der Waals surface area contributed by atoms with Crippen LogP contribution in [0.3, 0.4) is 0 Å². The van der Waals surface area contributed by atoms with Crippen molar-refractivity contribution in [2.75, 3.05) is 0 Å². The van der Waals surface area contributed by atoms with E-state index in [1.807, 2.05) is 31.2 Å². The number of H-pyrrole nitrogens is 1. The van der Waals surface area contributed by atoms with Crippen LogP contribution in [0.5, 0.6) is 0 Å². The van der Waals surface area contributed by atoms with Crippen LogP contribution in [-0.2, 0) is 0 Å². The molecule has 0 aromatic carbocycles. The number of rotatable bonds is 4. The maximum atomic E-state index is 3.84. The first kappa shape index (κ1) is 12.1. The summed E-state index contributed by atoms with van der Waals surface area (Å²) in [7, 11) is 0. The Balaban J connectivity index is 3.60. The molecule has 16 heavy (non-hydrogen) atoms. The molecule has 0 atom stereocenters. The summed E-state index contributed by atoms with van der Waals surface area (Å²) < 4.78 is 0. The van der Waals surface area contributed by atoms with Crippen molar-refractivity contribution in [3.8, 4) is 0 Å². The van der Waals surface area contributed by atoms with Crippen molar-refractivity contribution in [2.45, 2.75) is 6.92 Å². The van der Waals surface area contributed by atoms with E-state index >= 15 is 0 Å². The van der Waals surface area contributed by atoms with Gasteiger partial charge in [-0.1, -0.05) is 50.1 Å². The number of allylic oxidation sites excluding steroid dienone is 3.